The lowest BCUT2D eigenvalue weighted by atomic mass is 9.73. The highest BCUT2D eigenvalue weighted by Gasteiger charge is 2.33. The number of hydrogen-bond donors (Lipinski definition) is 1. The van der Waals surface area contributed by atoms with Crippen LogP contribution in [0.25, 0.3) is 0 Å². The Kier molecular flexibility index (Phi) is 7.38. The van der Waals surface area contributed by atoms with Crippen molar-refractivity contribution in [3.63, 3.8) is 0 Å². The molecule has 19 heavy (non-hydrogen) atoms. The predicted molar refractivity (Wildman–Crippen MR) is 85.7 cm³/mol. The first-order valence-corrected chi connectivity index (χ1v) is 8.43. The van der Waals surface area contributed by atoms with E-state index < -0.39 is 0 Å². The molecule has 1 unspecified atom stereocenters. The van der Waals surface area contributed by atoms with Crippen LogP contribution in [0.2, 0.25) is 0 Å². The molecule has 114 valence electrons. The zero-order chi connectivity index (χ0) is 14.3. The van der Waals surface area contributed by atoms with Crippen LogP contribution in [-0.4, -0.2) is 37.1 Å². The summed E-state index contributed by atoms with van der Waals surface area (Å²) in [6, 6.07) is 1.33. The van der Waals surface area contributed by atoms with Gasteiger partial charge in [-0.3, -0.25) is 0 Å². The monoisotopic (exact) mass is 268 g/mol. The Morgan fingerprint density at radius 2 is 1.74 bits per heavy atom. The van der Waals surface area contributed by atoms with Crippen molar-refractivity contribution in [2.45, 2.75) is 84.7 Å². The Bertz CT molecular complexity index is 231. The minimum atomic E-state index is 0.527. The van der Waals surface area contributed by atoms with Gasteiger partial charge in [0.15, 0.2) is 0 Å². The third kappa shape index (κ3) is 5.83. The highest BCUT2D eigenvalue weighted by molar-refractivity contribution is 4.88. The first-order chi connectivity index (χ1) is 8.99. The maximum absolute atomic E-state index is 3.71. The summed E-state index contributed by atoms with van der Waals surface area (Å²) in [5.74, 6) is 0. The van der Waals surface area contributed by atoms with Gasteiger partial charge >= 0.3 is 0 Å². The molecule has 1 aliphatic rings. The summed E-state index contributed by atoms with van der Waals surface area (Å²) in [6.07, 6.45) is 9.74. The zero-order valence-corrected chi connectivity index (χ0v) is 14.0. The smallest absolute Gasteiger partial charge is 0.00640 e. The number of nitrogens with one attached hydrogen (secondary N) is 1. The van der Waals surface area contributed by atoms with Gasteiger partial charge in [0.25, 0.3) is 0 Å². The van der Waals surface area contributed by atoms with E-state index in [1.165, 1.54) is 58.0 Å². The van der Waals surface area contributed by atoms with E-state index in [4.69, 9.17) is 0 Å². The Balaban J connectivity index is 2.57. The minimum Gasteiger partial charge on any atom is -0.314 e. The second kappa shape index (κ2) is 8.26. The highest BCUT2D eigenvalue weighted by atomic mass is 15.1. The average molecular weight is 268 g/mol. The molecular weight excluding hydrogens is 232 g/mol. The van der Waals surface area contributed by atoms with Crippen LogP contribution in [0.15, 0.2) is 0 Å². The molecule has 1 saturated carbocycles. The lowest BCUT2D eigenvalue weighted by Gasteiger charge is -2.42. The van der Waals surface area contributed by atoms with Gasteiger partial charge in [-0.1, -0.05) is 46.5 Å². The van der Waals surface area contributed by atoms with Crippen LogP contribution in [0.5, 0.6) is 0 Å². The fraction of sp³-hybridized carbons (Fsp3) is 1.00. The van der Waals surface area contributed by atoms with Gasteiger partial charge in [-0.15, -0.1) is 0 Å². The van der Waals surface area contributed by atoms with Crippen LogP contribution in [0, 0.1) is 5.41 Å². The number of nitrogens with zero attached hydrogens (tertiary/aromatic N) is 1. The summed E-state index contributed by atoms with van der Waals surface area (Å²) in [4.78, 5) is 2.61. The van der Waals surface area contributed by atoms with Crippen molar-refractivity contribution in [2.24, 2.45) is 5.41 Å². The summed E-state index contributed by atoms with van der Waals surface area (Å²) in [7, 11) is 2.33. The van der Waals surface area contributed by atoms with E-state index in [0.717, 1.165) is 6.04 Å². The lowest BCUT2D eigenvalue weighted by molar-refractivity contribution is 0.0924. The third-order valence-electron chi connectivity index (χ3n) is 4.84. The molecule has 0 aromatic rings. The largest absolute Gasteiger partial charge is 0.314 e. The summed E-state index contributed by atoms with van der Waals surface area (Å²) in [5, 5.41) is 3.71. The van der Waals surface area contributed by atoms with Crippen LogP contribution in [-0.2, 0) is 0 Å². The summed E-state index contributed by atoms with van der Waals surface area (Å²) >= 11 is 0. The summed E-state index contributed by atoms with van der Waals surface area (Å²) in [6.45, 7) is 11.7. The molecule has 2 nitrogen and oxygen atoms in total. The van der Waals surface area contributed by atoms with E-state index in [1.807, 2.05) is 0 Å². The quantitative estimate of drug-likeness (QED) is 0.714. The molecule has 0 aromatic heterocycles. The predicted octanol–water partition coefficient (Wildman–Crippen LogP) is 4.06. The molecule has 0 bridgehead atoms. The van der Waals surface area contributed by atoms with Gasteiger partial charge in [0.05, 0.1) is 0 Å². The first-order valence-electron chi connectivity index (χ1n) is 8.43. The Labute approximate surface area is 121 Å². The van der Waals surface area contributed by atoms with Gasteiger partial charge in [0.2, 0.25) is 0 Å². The standard InChI is InChI=1S/C17H36N2/c1-6-10-16(4)19(5)14-17(13-18-15(2)3)11-8-7-9-12-17/h15-16,18H,6-14H2,1-5H3. The topological polar surface area (TPSA) is 15.3 Å². The SMILES string of the molecule is CCCC(C)N(C)CC1(CNC(C)C)CCCCC1. The number of hydrogen-bond acceptors (Lipinski definition) is 2. The lowest BCUT2D eigenvalue weighted by Crippen LogP contribution is -2.47. The van der Waals surface area contributed by atoms with Crippen molar-refractivity contribution in [3.05, 3.63) is 0 Å². The molecule has 0 aliphatic heterocycles. The van der Waals surface area contributed by atoms with Gasteiger partial charge in [-0.25, -0.2) is 0 Å². The fourth-order valence-corrected chi connectivity index (χ4v) is 3.44. The van der Waals surface area contributed by atoms with Crippen LogP contribution < -0.4 is 5.32 Å². The van der Waals surface area contributed by atoms with Crippen molar-refractivity contribution in [1.29, 1.82) is 0 Å². The summed E-state index contributed by atoms with van der Waals surface area (Å²) < 4.78 is 0. The molecule has 0 amide bonds. The maximum Gasteiger partial charge on any atom is 0.00640 e. The van der Waals surface area contributed by atoms with E-state index in [-0.39, 0.29) is 0 Å². The molecule has 0 aromatic carbocycles. The van der Waals surface area contributed by atoms with Crippen molar-refractivity contribution >= 4 is 0 Å². The van der Waals surface area contributed by atoms with Crippen LogP contribution in [0.4, 0.5) is 0 Å². The molecule has 0 radical (unpaired) electrons. The second-order valence-corrected chi connectivity index (χ2v) is 7.15. The van der Waals surface area contributed by atoms with Crippen molar-refractivity contribution in [3.8, 4) is 0 Å². The first kappa shape index (κ1) is 17.0. The van der Waals surface area contributed by atoms with Gasteiger partial charge < -0.3 is 10.2 Å². The fourth-order valence-electron chi connectivity index (χ4n) is 3.44. The molecule has 1 aliphatic carbocycles. The molecule has 1 fully saturated rings. The molecular formula is C17H36N2. The van der Waals surface area contributed by atoms with E-state index in [2.05, 4.69) is 45.0 Å². The molecule has 1 rings (SSSR count). The van der Waals surface area contributed by atoms with Crippen LogP contribution >= 0.6 is 0 Å². The van der Waals surface area contributed by atoms with Crippen LogP contribution in [0.1, 0.15) is 72.6 Å². The van der Waals surface area contributed by atoms with Crippen molar-refractivity contribution < 1.29 is 0 Å². The third-order valence-corrected chi connectivity index (χ3v) is 4.84. The Morgan fingerprint density at radius 3 is 2.26 bits per heavy atom. The average Bonchev–Trinajstić information content (AvgIpc) is 2.38. The Hall–Kier alpha value is -0.0800. The molecule has 1 N–H and O–H groups in total. The molecule has 2 heteroatoms. The van der Waals surface area contributed by atoms with Gasteiger partial charge in [-0.05, 0) is 38.6 Å². The molecule has 1 atom stereocenters. The molecule has 0 saturated heterocycles. The van der Waals surface area contributed by atoms with Crippen molar-refractivity contribution in [2.75, 3.05) is 20.1 Å². The van der Waals surface area contributed by atoms with Crippen molar-refractivity contribution in [1.82, 2.24) is 10.2 Å². The minimum absolute atomic E-state index is 0.527. The van der Waals surface area contributed by atoms with E-state index in [1.54, 1.807) is 0 Å². The maximum atomic E-state index is 3.71. The van der Waals surface area contributed by atoms with Gasteiger partial charge in [0.1, 0.15) is 0 Å². The normalized spacial score (nSPS) is 21.0. The zero-order valence-electron chi connectivity index (χ0n) is 14.0. The Morgan fingerprint density at radius 1 is 1.11 bits per heavy atom. The highest BCUT2D eigenvalue weighted by Crippen LogP contribution is 2.37. The molecule has 0 heterocycles. The summed E-state index contributed by atoms with van der Waals surface area (Å²) in [5.41, 5.74) is 0.527. The van der Waals surface area contributed by atoms with Gasteiger partial charge in [-0.2, -0.15) is 0 Å². The van der Waals surface area contributed by atoms with Gasteiger partial charge in [0, 0.05) is 25.2 Å². The van der Waals surface area contributed by atoms with E-state index >= 15 is 0 Å². The second-order valence-electron chi connectivity index (χ2n) is 7.15. The van der Waals surface area contributed by atoms with Crippen LogP contribution in [0.3, 0.4) is 0 Å². The molecule has 0 spiro atoms. The number of rotatable bonds is 8. The van der Waals surface area contributed by atoms with E-state index in [0.29, 0.717) is 11.5 Å². The van der Waals surface area contributed by atoms with E-state index in [9.17, 15) is 0 Å².